The number of methoxy groups -OCH3 is 1. The molecule has 3 heterocycles. The molecule has 1 aliphatic rings. The van der Waals surface area contributed by atoms with E-state index >= 15 is 0 Å². The summed E-state index contributed by atoms with van der Waals surface area (Å²) in [5.74, 6) is 3.53. The summed E-state index contributed by atoms with van der Waals surface area (Å²) in [6, 6.07) is 26.0. The fourth-order valence-corrected chi connectivity index (χ4v) is 5.44. The third-order valence-corrected chi connectivity index (χ3v) is 7.67. The Kier molecular flexibility index (Phi) is 6.74. The van der Waals surface area contributed by atoms with Gasteiger partial charge in [-0.3, -0.25) is 4.79 Å². The Morgan fingerprint density at radius 3 is 2.71 bits per heavy atom. The maximum absolute atomic E-state index is 13.6. The minimum Gasteiger partial charge on any atom is -0.496 e. The van der Waals surface area contributed by atoms with Crippen LogP contribution in [0.15, 0.2) is 99.2 Å². The third kappa shape index (κ3) is 4.83. The summed E-state index contributed by atoms with van der Waals surface area (Å²) >= 11 is 2.22. The van der Waals surface area contributed by atoms with Gasteiger partial charge in [0.2, 0.25) is 12.6 Å². The molecule has 0 aliphatic carbocycles. The molecule has 4 aromatic carbocycles. The lowest BCUT2D eigenvalue weighted by Crippen LogP contribution is -2.20. The van der Waals surface area contributed by atoms with Crippen molar-refractivity contribution in [2.75, 3.05) is 13.9 Å². The predicted octanol–water partition coefficient (Wildman–Crippen LogP) is 6.61. The van der Waals surface area contributed by atoms with Crippen molar-refractivity contribution in [1.82, 2.24) is 9.66 Å². The van der Waals surface area contributed by atoms with Crippen LogP contribution in [0.4, 0.5) is 0 Å². The Morgan fingerprint density at radius 2 is 1.83 bits per heavy atom. The van der Waals surface area contributed by atoms with Crippen LogP contribution in [-0.4, -0.2) is 29.8 Å². The van der Waals surface area contributed by atoms with Crippen LogP contribution in [0.3, 0.4) is 0 Å². The largest absolute Gasteiger partial charge is 0.496 e. The second-order valence-corrected chi connectivity index (χ2v) is 10.6. The first kappa shape index (κ1) is 26.1. The molecule has 6 aromatic rings. The first-order chi connectivity index (χ1) is 20.6. The lowest BCUT2D eigenvalue weighted by Gasteiger charge is -2.10. The summed E-state index contributed by atoms with van der Waals surface area (Å²) in [4.78, 5) is 18.4. The molecule has 0 saturated carbocycles. The number of benzene rings is 4. The van der Waals surface area contributed by atoms with E-state index in [1.165, 1.54) is 4.68 Å². The molecule has 10 heteroatoms. The molecule has 0 saturated heterocycles. The summed E-state index contributed by atoms with van der Waals surface area (Å²) in [7, 11) is 1.60. The van der Waals surface area contributed by atoms with Crippen molar-refractivity contribution in [3.63, 3.8) is 0 Å². The highest BCUT2D eigenvalue weighted by Crippen LogP contribution is 2.34. The molecule has 0 bridgehead atoms. The molecule has 9 nitrogen and oxygen atoms in total. The average molecular weight is 671 g/mol. The van der Waals surface area contributed by atoms with E-state index in [4.69, 9.17) is 28.3 Å². The molecule has 0 radical (unpaired) electrons. The summed E-state index contributed by atoms with van der Waals surface area (Å²) in [5.41, 5.74) is 2.62. The zero-order valence-corrected chi connectivity index (χ0v) is 24.4. The third-order valence-electron chi connectivity index (χ3n) is 6.83. The molecule has 42 heavy (non-hydrogen) atoms. The number of hydrogen-bond donors (Lipinski definition) is 0. The maximum atomic E-state index is 13.6. The van der Waals surface area contributed by atoms with Gasteiger partial charge in [-0.25, -0.2) is 4.98 Å². The maximum Gasteiger partial charge on any atom is 0.282 e. The Hall–Kier alpha value is -4.84. The van der Waals surface area contributed by atoms with Gasteiger partial charge in [0, 0.05) is 0 Å². The summed E-state index contributed by atoms with van der Waals surface area (Å²) < 4.78 is 30.6. The number of fused-ring (bicyclic) bond motifs is 3. The number of para-hydroxylation sites is 1. The zero-order chi connectivity index (χ0) is 28.6. The summed E-state index contributed by atoms with van der Waals surface area (Å²) in [5, 5.41) is 5.80. The van der Waals surface area contributed by atoms with Crippen molar-refractivity contribution >= 4 is 50.7 Å². The second-order valence-electron chi connectivity index (χ2n) is 9.46. The van der Waals surface area contributed by atoms with E-state index < -0.39 is 0 Å². The highest BCUT2D eigenvalue weighted by atomic mass is 127. The molecule has 1 aliphatic heterocycles. The Bertz CT molecular complexity index is 2070. The monoisotopic (exact) mass is 671 g/mol. The van der Waals surface area contributed by atoms with Gasteiger partial charge in [0.25, 0.3) is 5.56 Å². The molecule has 7 rings (SSSR count). The van der Waals surface area contributed by atoms with Crippen LogP contribution in [0.25, 0.3) is 33.5 Å². The van der Waals surface area contributed by atoms with Crippen molar-refractivity contribution in [1.29, 1.82) is 0 Å². The van der Waals surface area contributed by atoms with Crippen LogP contribution < -0.4 is 24.5 Å². The van der Waals surface area contributed by atoms with Gasteiger partial charge in [0.05, 0.1) is 33.2 Å². The van der Waals surface area contributed by atoms with Crippen LogP contribution in [0.1, 0.15) is 11.1 Å². The average Bonchev–Trinajstić information content (AvgIpc) is 3.67. The molecule has 0 N–H and O–H groups in total. The van der Waals surface area contributed by atoms with Gasteiger partial charge in [-0.2, -0.15) is 9.78 Å². The van der Waals surface area contributed by atoms with Gasteiger partial charge < -0.3 is 23.4 Å². The number of rotatable bonds is 7. The lowest BCUT2D eigenvalue weighted by molar-refractivity contribution is 0.174. The summed E-state index contributed by atoms with van der Waals surface area (Å²) in [6.45, 7) is 0.611. The molecular formula is C32H22IN3O6. The van der Waals surface area contributed by atoms with E-state index in [9.17, 15) is 4.79 Å². The number of hydrogen-bond acceptors (Lipinski definition) is 8. The number of halogens is 1. The molecule has 0 atom stereocenters. The SMILES string of the molecule is COc1cccc2oc(-c3nc4ccccc4c(=O)n3N=Cc3ccc(OCc4ccc5c(c4)OCO5)c(I)c3)cc12. The minimum atomic E-state index is -0.308. The van der Waals surface area contributed by atoms with Crippen LogP contribution in [0, 0.1) is 3.57 Å². The van der Waals surface area contributed by atoms with Crippen molar-refractivity contribution in [3.8, 4) is 34.6 Å². The number of ether oxygens (including phenoxy) is 4. The van der Waals surface area contributed by atoms with Gasteiger partial charge in [-0.1, -0.05) is 24.3 Å². The quantitative estimate of drug-likeness (QED) is 0.139. The van der Waals surface area contributed by atoms with Crippen LogP contribution in [0.2, 0.25) is 0 Å². The molecule has 0 unspecified atom stereocenters. The Balaban J connectivity index is 1.21. The van der Waals surface area contributed by atoms with Crippen LogP contribution >= 0.6 is 22.6 Å². The molecule has 2 aromatic heterocycles. The zero-order valence-electron chi connectivity index (χ0n) is 22.2. The smallest absolute Gasteiger partial charge is 0.282 e. The molecular weight excluding hydrogens is 649 g/mol. The molecule has 0 spiro atoms. The highest BCUT2D eigenvalue weighted by Gasteiger charge is 2.18. The Labute approximate surface area is 253 Å². The van der Waals surface area contributed by atoms with Crippen LogP contribution in [-0.2, 0) is 6.61 Å². The van der Waals surface area contributed by atoms with Gasteiger partial charge in [0.1, 0.15) is 23.7 Å². The van der Waals surface area contributed by atoms with Crippen LogP contribution in [0.5, 0.6) is 23.0 Å². The minimum absolute atomic E-state index is 0.233. The lowest BCUT2D eigenvalue weighted by atomic mass is 10.2. The number of furan rings is 1. The van der Waals surface area contributed by atoms with Gasteiger partial charge in [-0.05, 0) is 94.4 Å². The second kappa shape index (κ2) is 10.9. The van der Waals surface area contributed by atoms with E-state index in [1.807, 2.05) is 66.7 Å². The van der Waals surface area contributed by atoms with E-state index in [-0.39, 0.29) is 18.2 Å². The van der Waals surface area contributed by atoms with E-state index in [1.54, 1.807) is 31.5 Å². The number of aromatic nitrogens is 2. The van der Waals surface area contributed by atoms with Crippen molar-refractivity contribution < 1.29 is 23.4 Å². The standard InChI is InChI=1S/C32H22IN3O6/c1-38-25-7-4-8-26-22(25)15-30(42-26)31-35-24-6-3-2-5-21(24)32(37)36(31)34-16-19-9-11-27(23(33)13-19)39-17-20-10-12-28-29(14-20)41-18-40-28/h2-16H,17-18H2,1H3. The molecule has 208 valence electrons. The van der Waals surface area contributed by atoms with E-state index in [0.717, 1.165) is 37.3 Å². The highest BCUT2D eigenvalue weighted by molar-refractivity contribution is 14.1. The first-order valence-electron chi connectivity index (χ1n) is 13.0. The van der Waals surface area contributed by atoms with E-state index in [2.05, 4.69) is 27.7 Å². The van der Waals surface area contributed by atoms with Gasteiger partial charge in [0.15, 0.2) is 17.3 Å². The van der Waals surface area contributed by atoms with Gasteiger partial charge >= 0.3 is 0 Å². The normalized spacial score (nSPS) is 12.4. The summed E-state index contributed by atoms with van der Waals surface area (Å²) in [6.07, 6.45) is 1.62. The molecule has 0 amide bonds. The topological polar surface area (TPSA) is 97.3 Å². The fourth-order valence-electron chi connectivity index (χ4n) is 4.74. The van der Waals surface area contributed by atoms with Gasteiger partial charge in [-0.15, -0.1) is 0 Å². The predicted molar refractivity (Wildman–Crippen MR) is 167 cm³/mol. The van der Waals surface area contributed by atoms with Crippen molar-refractivity contribution in [2.24, 2.45) is 5.10 Å². The Morgan fingerprint density at radius 1 is 0.952 bits per heavy atom. The fraction of sp³-hybridized carbons (Fsp3) is 0.0938. The number of nitrogens with zero attached hydrogens (tertiary/aromatic N) is 3. The van der Waals surface area contributed by atoms with E-state index in [0.29, 0.717) is 34.6 Å². The van der Waals surface area contributed by atoms with Crippen molar-refractivity contribution in [2.45, 2.75) is 6.61 Å². The first-order valence-corrected chi connectivity index (χ1v) is 14.1. The van der Waals surface area contributed by atoms with Crippen molar-refractivity contribution in [3.05, 3.63) is 110 Å². The molecule has 0 fully saturated rings.